The molecule has 0 atom stereocenters. The maximum absolute atomic E-state index is 5.17. The molecule has 0 bridgehead atoms. The number of pyridine rings is 1. The van der Waals surface area contributed by atoms with Crippen molar-refractivity contribution >= 4 is 5.69 Å². The van der Waals surface area contributed by atoms with Gasteiger partial charge in [-0.1, -0.05) is 19.9 Å². The summed E-state index contributed by atoms with van der Waals surface area (Å²) in [6.45, 7) is 11.3. The van der Waals surface area contributed by atoms with Gasteiger partial charge in [0.1, 0.15) is 0 Å². The van der Waals surface area contributed by atoms with E-state index in [9.17, 15) is 0 Å². The van der Waals surface area contributed by atoms with Crippen LogP contribution in [0.3, 0.4) is 0 Å². The van der Waals surface area contributed by atoms with Crippen LogP contribution >= 0.6 is 0 Å². The van der Waals surface area contributed by atoms with Crippen LogP contribution in [0.1, 0.15) is 19.4 Å². The van der Waals surface area contributed by atoms with E-state index in [1.54, 1.807) is 7.11 Å². The second-order valence-corrected chi connectivity index (χ2v) is 4.77. The lowest BCUT2D eigenvalue weighted by Gasteiger charge is -2.25. The summed E-state index contributed by atoms with van der Waals surface area (Å²) in [7, 11) is 1.72. The Bertz CT molecular complexity index is 379. The molecule has 0 saturated heterocycles. The van der Waals surface area contributed by atoms with Gasteiger partial charge in [-0.25, -0.2) is 0 Å². The highest BCUT2D eigenvalue weighted by atomic mass is 16.5. The van der Waals surface area contributed by atoms with Gasteiger partial charge in [0.2, 0.25) is 0 Å². The maximum atomic E-state index is 5.17. The van der Waals surface area contributed by atoms with E-state index in [-0.39, 0.29) is 0 Å². The molecule has 0 saturated carbocycles. The van der Waals surface area contributed by atoms with Crippen LogP contribution in [0.2, 0.25) is 0 Å². The number of rotatable bonds is 9. The number of hydrogen-bond donors (Lipinski definition) is 1. The first-order chi connectivity index (χ1) is 9.19. The summed E-state index contributed by atoms with van der Waals surface area (Å²) in [5.41, 5.74) is 2.40. The van der Waals surface area contributed by atoms with Crippen LogP contribution in [-0.4, -0.2) is 37.8 Å². The summed E-state index contributed by atoms with van der Waals surface area (Å²) >= 11 is 0. The van der Waals surface area contributed by atoms with Crippen molar-refractivity contribution in [2.75, 3.05) is 31.7 Å². The summed E-state index contributed by atoms with van der Waals surface area (Å²) in [5.74, 6) is 0. The molecule has 0 aliphatic carbocycles. The van der Waals surface area contributed by atoms with E-state index in [4.69, 9.17) is 4.74 Å². The monoisotopic (exact) mass is 263 g/mol. The van der Waals surface area contributed by atoms with Crippen LogP contribution in [-0.2, 0) is 11.3 Å². The first-order valence-corrected chi connectivity index (χ1v) is 6.70. The molecule has 1 N–H and O–H groups in total. The maximum Gasteiger partial charge on any atom is 0.0637 e. The van der Waals surface area contributed by atoms with Crippen molar-refractivity contribution in [1.29, 1.82) is 0 Å². The van der Waals surface area contributed by atoms with Gasteiger partial charge in [0.15, 0.2) is 0 Å². The van der Waals surface area contributed by atoms with E-state index in [2.05, 4.69) is 41.7 Å². The smallest absolute Gasteiger partial charge is 0.0637 e. The van der Waals surface area contributed by atoms with Crippen molar-refractivity contribution in [3.05, 3.63) is 36.7 Å². The Morgan fingerprint density at radius 1 is 1.53 bits per heavy atom. The first-order valence-electron chi connectivity index (χ1n) is 6.70. The number of anilines is 1. The minimum absolute atomic E-state index is 0.466. The third-order valence-corrected chi connectivity index (χ3v) is 2.84. The molecule has 4 heteroatoms. The molecule has 1 aromatic rings. The number of methoxy groups -OCH3 is 1. The van der Waals surface area contributed by atoms with E-state index in [0.717, 1.165) is 25.3 Å². The van der Waals surface area contributed by atoms with Gasteiger partial charge < -0.3 is 15.0 Å². The lowest BCUT2D eigenvalue weighted by molar-refractivity contribution is 0.205. The van der Waals surface area contributed by atoms with Crippen molar-refractivity contribution in [2.24, 2.45) is 0 Å². The van der Waals surface area contributed by atoms with Gasteiger partial charge in [-0.15, -0.1) is 6.58 Å². The molecule has 0 aliphatic heterocycles. The van der Waals surface area contributed by atoms with E-state index < -0.39 is 0 Å². The fourth-order valence-corrected chi connectivity index (χ4v) is 1.83. The zero-order valence-electron chi connectivity index (χ0n) is 12.2. The van der Waals surface area contributed by atoms with Crippen LogP contribution in [0.4, 0.5) is 5.69 Å². The number of nitrogens with zero attached hydrogens (tertiary/aromatic N) is 2. The summed E-state index contributed by atoms with van der Waals surface area (Å²) in [6.07, 6.45) is 5.65. The highest BCUT2D eigenvalue weighted by Gasteiger charge is 2.10. The Labute approximate surface area is 116 Å². The summed E-state index contributed by atoms with van der Waals surface area (Å²) in [6, 6.07) is 2.53. The molecule has 1 aromatic heterocycles. The van der Waals surface area contributed by atoms with Crippen LogP contribution in [0, 0.1) is 0 Å². The molecule has 106 valence electrons. The van der Waals surface area contributed by atoms with Crippen molar-refractivity contribution in [1.82, 2.24) is 10.3 Å². The molecule has 0 amide bonds. The average Bonchev–Trinajstić information content (AvgIpc) is 2.41. The highest BCUT2D eigenvalue weighted by molar-refractivity contribution is 5.52. The van der Waals surface area contributed by atoms with Gasteiger partial charge >= 0.3 is 0 Å². The van der Waals surface area contributed by atoms with Crippen molar-refractivity contribution in [3.63, 3.8) is 0 Å². The van der Waals surface area contributed by atoms with E-state index in [1.807, 2.05) is 18.5 Å². The van der Waals surface area contributed by atoms with Crippen LogP contribution in [0.15, 0.2) is 31.1 Å². The second-order valence-electron chi connectivity index (χ2n) is 4.77. The minimum atomic E-state index is 0.466. The van der Waals surface area contributed by atoms with Crippen molar-refractivity contribution < 1.29 is 4.74 Å². The number of aromatic nitrogens is 1. The van der Waals surface area contributed by atoms with Crippen LogP contribution < -0.4 is 10.2 Å². The van der Waals surface area contributed by atoms with E-state index in [0.29, 0.717) is 12.6 Å². The van der Waals surface area contributed by atoms with Crippen LogP contribution in [0.25, 0.3) is 0 Å². The molecule has 19 heavy (non-hydrogen) atoms. The molecule has 1 rings (SSSR count). The topological polar surface area (TPSA) is 37.4 Å². The number of hydrogen-bond acceptors (Lipinski definition) is 4. The predicted octanol–water partition coefficient (Wildman–Crippen LogP) is 2.22. The molecule has 0 aromatic carbocycles. The third-order valence-electron chi connectivity index (χ3n) is 2.84. The molecule has 0 spiro atoms. The molecule has 1 heterocycles. The lowest BCUT2D eigenvalue weighted by atomic mass is 10.2. The summed E-state index contributed by atoms with van der Waals surface area (Å²) in [4.78, 5) is 6.48. The molecule has 0 radical (unpaired) electrons. The zero-order chi connectivity index (χ0) is 14.1. The quantitative estimate of drug-likeness (QED) is 0.693. The first kappa shape index (κ1) is 15.7. The minimum Gasteiger partial charge on any atom is -0.383 e. The fourth-order valence-electron chi connectivity index (χ4n) is 1.83. The highest BCUT2D eigenvalue weighted by Crippen LogP contribution is 2.19. The zero-order valence-corrected chi connectivity index (χ0v) is 12.2. The molecular formula is C15H25N3O. The Hall–Kier alpha value is -1.39. The molecule has 0 aliphatic rings. The summed E-state index contributed by atoms with van der Waals surface area (Å²) in [5, 5.41) is 3.44. The molecule has 0 unspecified atom stereocenters. The third kappa shape index (κ3) is 5.41. The van der Waals surface area contributed by atoms with Gasteiger partial charge in [-0.2, -0.15) is 0 Å². The lowest BCUT2D eigenvalue weighted by Crippen LogP contribution is -2.30. The second kappa shape index (κ2) is 8.67. The van der Waals surface area contributed by atoms with E-state index in [1.165, 1.54) is 5.56 Å². The Morgan fingerprint density at radius 3 is 2.95 bits per heavy atom. The van der Waals surface area contributed by atoms with Crippen LogP contribution in [0.5, 0.6) is 0 Å². The van der Waals surface area contributed by atoms with E-state index >= 15 is 0 Å². The summed E-state index contributed by atoms with van der Waals surface area (Å²) < 4.78 is 5.17. The molecule has 0 fully saturated rings. The standard InChI is InChI=1S/C15H25N3O/c1-5-8-18(9-10-19-4)15-12-16-7-6-14(15)11-17-13(2)3/h5-7,12-13,17H,1,8-11H2,2-4H3. The van der Waals surface area contributed by atoms with Crippen molar-refractivity contribution in [3.8, 4) is 0 Å². The Kier molecular flexibility index (Phi) is 7.15. The largest absolute Gasteiger partial charge is 0.383 e. The van der Waals surface area contributed by atoms with Crippen molar-refractivity contribution in [2.45, 2.75) is 26.4 Å². The fraction of sp³-hybridized carbons (Fsp3) is 0.533. The van der Waals surface area contributed by atoms with Gasteiger partial charge in [-0.05, 0) is 11.6 Å². The number of nitrogens with one attached hydrogen (secondary N) is 1. The normalized spacial score (nSPS) is 10.7. The SMILES string of the molecule is C=CCN(CCOC)c1cnccc1CNC(C)C. The van der Waals surface area contributed by atoms with Gasteiger partial charge in [0.05, 0.1) is 18.5 Å². The van der Waals surface area contributed by atoms with Gasteiger partial charge in [0.25, 0.3) is 0 Å². The van der Waals surface area contributed by atoms with Gasteiger partial charge in [-0.3, -0.25) is 4.98 Å². The Balaban J connectivity index is 2.84. The Morgan fingerprint density at radius 2 is 2.32 bits per heavy atom. The molecular weight excluding hydrogens is 238 g/mol. The van der Waals surface area contributed by atoms with Gasteiger partial charge in [0, 0.05) is 39.0 Å². The number of ether oxygens (including phenoxy) is 1. The molecule has 4 nitrogen and oxygen atoms in total. The average molecular weight is 263 g/mol. The predicted molar refractivity (Wildman–Crippen MR) is 80.5 cm³/mol.